The summed E-state index contributed by atoms with van der Waals surface area (Å²) >= 11 is 0. The maximum absolute atomic E-state index is 12.9. The lowest BCUT2D eigenvalue weighted by molar-refractivity contribution is -0.892. The second-order valence-electron chi connectivity index (χ2n) is 7.97. The number of anilines is 1. The van der Waals surface area contributed by atoms with Crippen LogP contribution in [0, 0.1) is 0 Å². The molecule has 4 nitrogen and oxygen atoms in total. The van der Waals surface area contributed by atoms with Crippen LogP contribution in [0.3, 0.4) is 0 Å². The van der Waals surface area contributed by atoms with Crippen molar-refractivity contribution in [3.63, 3.8) is 0 Å². The predicted octanol–water partition coefficient (Wildman–Crippen LogP) is 2.49. The average Bonchev–Trinajstić information content (AvgIpc) is 2.81. The molecule has 1 atom stereocenters. The number of hydrogen-bond acceptors (Lipinski definition) is 2. The summed E-state index contributed by atoms with van der Waals surface area (Å²) in [5, 5.41) is 3.30. The molecule has 3 aromatic carbocycles. The van der Waals surface area contributed by atoms with Gasteiger partial charge in [0.1, 0.15) is 0 Å². The largest absolute Gasteiger partial charge is 0.360 e. The van der Waals surface area contributed by atoms with Crippen molar-refractivity contribution < 1.29 is 9.69 Å². The number of quaternary nitrogens is 1. The Morgan fingerprint density at radius 1 is 0.833 bits per heavy atom. The van der Waals surface area contributed by atoms with Crippen LogP contribution in [-0.4, -0.2) is 38.6 Å². The maximum Gasteiger partial charge on any atom is 0.275 e. The third-order valence-electron chi connectivity index (χ3n) is 5.82. The van der Waals surface area contributed by atoms with Crippen LogP contribution in [-0.2, 0) is 11.2 Å². The molecule has 0 aliphatic carbocycles. The van der Waals surface area contributed by atoms with Crippen molar-refractivity contribution in [3.8, 4) is 0 Å². The monoisotopic (exact) mass is 400 g/mol. The van der Waals surface area contributed by atoms with Crippen LogP contribution in [0.25, 0.3) is 0 Å². The number of carbonyl (C=O) groups is 1. The molecule has 0 saturated carbocycles. The second kappa shape index (κ2) is 10.1. The summed E-state index contributed by atoms with van der Waals surface area (Å²) in [6, 6.07) is 31.2. The lowest BCUT2D eigenvalue weighted by Gasteiger charge is -2.33. The van der Waals surface area contributed by atoms with E-state index in [0.717, 1.165) is 38.2 Å². The van der Waals surface area contributed by atoms with Gasteiger partial charge in [-0.1, -0.05) is 78.9 Å². The minimum atomic E-state index is -0.00823. The van der Waals surface area contributed by atoms with E-state index in [1.54, 1.807) is 0 Å². The van der Waals surface area contributed by atoms with Gasteiger partial charge in [0.2, 0.25) is 0 Å². The lowest BCUT2D eigenvalue weighted by Crippen LogP contribution is -3.16. The highest BCUT2D eigenvalue weighted by Crippen LogP contribution is 2.18. The van der Waals surface area contributed by atoms with Gasteiger partial charge in [-0.05, 0) is 29.7 Å². The predicted molar refractivity (Wildman–Crippen MR) is 122 cm³/mol. The Balaban J connectivity index is 1.34. The van der Waals surface area contributed by atoms with Crippen LogP contribution in [0.5, 0.6) is 0 Å². The van der Waals surface area contributed by atoms with Gasteiger partial charge in [-0.2, -0.15) is 0 Å². The molecule has 4 rings (SSSR count). The normalized spacial score (nSPS) is 15.5. The Bertz CT molecular complexity index is 907. The van der Waals surface area contributed by atoms with Crippen LogP contribution < -0.4 is 15.1 Å². The van der Waals surface area contributed by atoms with Gasteiger partial charge >= 0.3 is 0 Å². The molecular formula is C26H30N3O+. The zero-order valence-corrected chi connectivity index (χ0v) is 17.3. The van der Waals surface area contributed by atoms with E-state index in [9.17, 15) is 4.79 Å². The summed E-state index contributed by atoms with van der Waals surface area (Å²) < 4.78 is 0. The lowest BCUT2D eigenvalue weighted by atomic mass is 9.99. The fraction of sp³-hybridized carbons (Fsp3) is 0.269. The van der Waals surface area contributed by atoms with Crippen LogP contribution >= 0.6 is 0 Å². The first-order chi connectivity index (χ1) is 14.8. The van der Waals surface area contributed by atoms with Crippen molar-refractivity contribution in [3.05, 3.63) is 102 Å². The van der Waals surface area contributed by atoms with Gasteiger partial charge in [0.25, 0.3) is 5.91 Å². The van der Waals surface area contributed by atoms with Crippen molar-refractivity contribution in [1.82, 2.24) is 5.32 Å². The highest BCUT2D eigenvalue weighted by molar-refractivity contribution is 5.77. The Kier molecular flexibility index (Phi) is 6.78. The smallest absolute Gasteiger partial charge is 0.275 e. The molecule has 154 valence electrons. The number of nitrogens with zero attached hydrogens (tertiary/aromatic N) is 1. The zero-order chi connectivity index (χ0) is 20.6. The molecular weight excluding hydrogens is 370 g/mol. The van der Waals surface area contributed by atoms with Crippen molar-refractivity contribution in [2.24, 2.45) is 0 Å². The summed E-state index contributed by atoms with van der Waals surface area (Å²) in [5.74, 6) is 0.128. The summed E-state index contributed by atoms with van der Waals surface area (Å²) in [7, 11) is 0. The highest BCUT2D eigenvalue weighted by Gasteiger charge is 2.24. The molecule has 3 aromatic rings. The molecule has 0 unspecified atom stereocenters. The van der Waals surface area contributed by atoms with Crippen LogP contribution in [0.15, 0.2) is 91.0 Å². The highest BCUT2D eigenvalue weighted by atomic mass is 16.2. The van der Waals surface area contributed by atoms with Crippen molar-refractivity contribution in [1.29, 1.82) is 0 Å². The average molecular weight is 401 g/mol. The summed E-state index contributed by atoms with van der Waals surface area (Å²) in [6.07, 6.45) is 0.799. The molecule has 1 aliphatic rings. The molecule has 0 spiro atoms. The number of nitrogens with one attached hydrogen (secondary N) is 2. The number of amides is 1. The van der Waals surface area contributed by atoms with Crippen molar-refractivity contribution in [2.45, 2.75) is 12.5 Å². The van der Waals surface area contributed by atoms with Gasteiger partial charge in [0.15, 0.2) is 6.54 Å². The number of para-hydroxylation sites is 1. The van der Waals surface area contributed by atoms with E-state index in [0.29, 0.717) is 6.54 Å². The molecule has 0 bridgehead atoms. The van der Waals surface area contributed by atoms with Gasteiger partial charge in [0.05, 0.1) is 32.2 Å². The molecule has 2 N–H and O–H groups in total. The van der Waals surface area contributed by atoms with E-state index in [1.807, 2.05) is 30.3 Å². The molecule has 1 fully saturated rings. The standard InChI is InChI=1S/C26H29N3O/c30-26(21-28-16-18-29(19-17-28)24-14-8-3-9-15-24)27-25(23-12-6-2-7-13-23)20-22-10-4-1-5-11-22/h1-15,25H,16-21H2,(H,27,30)/p+1/t25-/m0/s1. The third-order valence-corrected chi connectivity index (χ3v) is 5.82. The van der Waals surface area contributed by atoms with Gasteiger partial charge in [0, 0.05) is 5.69 Å². The van der Waals surface area contributed by atoms with Crippen LogP contribution in [0.4, 0.5) is 5.69 Å². The van der Waals surface area contributed by atoms with E-state index in [1.165, 1.54) is 16.2 Å². The molecule has 0 radical (unpaired) electrons. The Hall–Kier alpha value is -3.11. The van der Waals surface area contributed by atoms with Gasteiger partial charge in [-0.3, -0.25) is 4.79 Å². The first-order valence-corrected chi connectivity index (χ1v) is 10.8. The van der Waals surface area contributed by atoms with Crippen LogP contribution in [0.2, 0.25) is 0 Å². The van der Waals surface area contributed by atoms with Crippen molar-refractivity contribution >= 4 is 11.6 Å². The van der Waals surface area contributed by atoms with E-state index in [4.69, 9.17) is 0 Å². The second-order valence-corrected chi connectivity index (χ2v) is 7.97. The number of piperazine rings is 1. The van der Waals surface area contributed by atoms with Crippen molar-refractivity contribution in [2.75, 3.05) is 37.6 Å². The van der Waals surface area contributed by atoms with Gasteiger partial charge in [-0.15, -0.1) is 0 Å². The molecule has 1 saturated heterocycles. The molecule has 1 aliphatic heterocycles. The quantitative estimate of drug-likeness (QED) is 0.639. The number of rotatable bonds is 7. The Morgan fingerprint density at radius 2 is 1.40 bits per heavy atom. The van der Waals surface area contributed by atoms with E-state index < -0.39 is 0 Å². The SMILES string of the molecule is O=C(C[NH+]1CCN(c2ccccc2)CC1)N[C@@H](Cc1ccccc1)c1ccccc1. The summed E-state index contributed by atoms with van der Waals surface area (Å²) in [6.45, 7) is 4.46. The van der Waals surface area contributed by atoms with E-state index >= 15 is 0 Å². The molecule has 4 heteroatoms. The minimum absolute atomic E-state index is 0.00823. The molecule has 1 heterocycles. The fourth-order valence-corrected chi connectivity index (χ4v) is 4.16. The maximum atomic E-state index is 12.9. The Morgan fingerprint density at radius 3 is 2.03 bits per heavy atom. The minimum Gasteiger partial charge on any atom is -0.360 e. The molecule has 30 heavy (non-hydrogen) atoms. The Labute approximate surface area is 179 Å². The van der Waals surface area contributed by atoms with E-state index in [2.05, 4.69) is 70.9 Å². The number of carbonyl (C=O) groups excluding carboxylic acids is 1. The zero-order valence-electron chi connectivity index (χ0n) is 17.3. The molecule has 0 aromatic heterocycles. The first-order valence-electron chi connectivity index (χ1n) is 10.8. The summed E-state index contributed by atoms with van der Waals surface area (Å²) in [4.78, 5) is 16.7. The van der Waals surface area contributed by atoms with E-state index in [-0.39, 0.29) is 11.9 Å². The third kappa shape index (κ3) is 5.49. The molecule has 1 amide bonds. The first kappa shape index (κ1) is 20.2. The topological polar surface area (TPSA) is 36.8 Å². The fourth-order valence-electron chi connectivity index (χ4n) is 4.16. The van der Waals surface area contributed by atoms with Gasteiger partial charge < -0.3 is 15.1 Å². The van der Waals surface area contributed by atoms with Crippen LogP contribution in [0.1, 0.15) is 17.2 Å². The number of hydrogen-bond donors (Lipinski definition) is 2. The van der Waals surface area contributed by atoms with Gasteiger partial charge in [-0.25, -0.2) is 0 Å². The number of benzene rings is 3. The summed E-state index contributed by atoms with van der Waals surface area (Å²) in [5.41, 5.74) is 3.65.